The predicted octanol–water partition coefficient (Wildman–Crippen LogP) is 1.36. The molecule has 1 aliphatic heterocycles. The zero-order chi connectivity index (χ0) is 15.0. The summed E-state index contributed by atoms with van der Waals surface area (Å²) in [4.78, 5) is 0. The Labute approximate surface area is 121 Å². The lowest BCUT2D eigenvalue weighted by molar-refractivity contribution is 0.00578. The van der Waals surface area contributed by atoms with Gasteiger partial charge in [0.2, 0.25) is 0 Å². The van der Waals surface area contributed by atoms with E-state index >= 15 is 0 Å². The molecule has 106 valence electrons. The fourth-order valence-electron chi connectivity index (χ4n) is 2.21. The molecule has 1 saturated heterocycles. The molecule has 0 atom stereocenters. The highest BCUT2D eigenvalue weighted by atomic mass is 16.7. The summed E-state index contributed by atoms with van der Waals surface area (Å²) >= 11 is 0. The lowest BCUT2D eigenvalue weighted by Gasteiger charge is -2.32. The highest BCUT2D eigenvalue weighted by molar-refractivity contribution is 6.62. The maximum absolute atomic E-state index is 9.14. The Bertz CT molecular complexity index is 533. The second-order valence-corrected chi connectivity index (χ2v) is 6.20. The average Bonchev–Trinajstić information content (AvgIpc) is 2.58. The van der Waals surface area contributed by atoms with Crippen molar-refractivity contribution in [1.29, 1.82) is 5.26 Å². The topological polar surface area (TPSA) is 68.3 Å². The summed E-state index contributed by atoms with van der Waals surface area (Å²) in [5.41, 5.74) is 7.37. The van der Waals surface area contributed by atoms with Gasteiger partial charge in [-0.25, -0.2) is 0 Å². The second kappa shape index (κ2) is 5.21. The maximum atomic E-state index is 9.14. The fraction of sp³-hybridized carbons (Fsp3) is 0.533. The van der Waals surface area contributed by atoms with Crippen LogP contribution in [0, 0.1) is 11.3 Å². The van der Waals surface area contributed by atoms with Gasteiger partial charge >= 0.3 is 7.12 Å². The van der Waals surface area contributed by atoms with Crippen LogP contribution in [0.4, 0.5) is 0 Å². The number of hydrogen-bond acceptors (Lipinski definition) is 4. The monoisotopic (exact) mass is 272 g/mol. The zero-order valence-electron chi connectivity index (χ0n) is 12.6. The highest BCUT2D eigenvalue weighted by Gasteiger charge is 2.51. The molecule has 0 bridgehead atoms. The van der Waals surface area contributed by atoms with Gasteiger partial charge in [0.15, 0.2) is 0 Å². The van der Waals surface area contributed by atoms with E-state index in [2.05, 4.69) is 6.07 Å². The summed E-state index contributed by atoms with van der Waals surface area (Å²) in [6.07, 6.45) is 0.738. The van der Waals surface area contributed by atoms with Crippen LogP contribution in [-0.4, -0.2) is 24.9 Å². The Balaban J connectivity index is 2.35. The number of benzene rings is 1. The minimum atomic E-state index is -0.440. The second-order valence-electron chi connectivity index (χ2n) is 6.20. The van der Waals surface area contributed by atoms with Crippen molar-refractivity contribution >= 4 is 12.6 Å². The van der Waals surface area contributed by atoms with Crippen molar-refractivity contribution < 1.29 is 9.31 Å². The third kappa shape index (κ3) is 2.73. The van der Waals surface area contributed by atoms with Crippen molar-refractivity contribution in [2.75, 3.05) is 6.54 Å². The Hall–Kier alpha value is -1.35. The number of nitrogens with zero attached hydrogens (tertiary/aromatic N) is 1. The van der Waals surface area contributed by atoms with Gasteiger partial charge in [-0.1, -0.05) is 6.07 Å². The maximum Gasteiger partial charge on any atom is 0.494 e. The predicted molar refractivity (Wildman–Crippen MR) is 79.6 cm³/mol. The van der Waals surface area contributed by atoms with Crippen LogP contribution in [0.1, 0.15) is 38.8 Å². The van der Waals surface area contributed by atoms with Gasteiger partial charge in [0.25, 0.3) is 0 Å². The van der Waals surface area contributed by atoms with E-state index < -0.39 is 7.12 Å². The van der Waals surface area contributed by atoms with Gasteiger partial charge in [0.1, 0.15) is 0 Å². The van der Waals surface area contributed by atoms with Crippen LogP contribution >= 0.6 is 0 Å². The Morgan fingerprint density at radius 2 is 1.75 bits per heavy atom. The third-order valence-corrected chi connectivity index (χ3v) is 4.10. The summed E-state index contributed by atoms with van der Waals surface area (Å²) in [5, 5.41) is 9.14. The SMILES string of the molecule is CC1(C)OB(c2cc(C#N)cc(CCN)c2)OC1(C)C. The van der Waals surface area contributed by atoms with Gasteiger partial charge < -0.3 is 15.0 Å². The minimum Gasteiger partial charge on any atom is -0.399 e. The first kappa shape index (κ1) is 15.1. The molecular weight excluding hydrogens is 251 g/mol. The van der Waals surface area contributed by atoms with Crippen LogP contribution in [0.2, 0.25) is 0 Å². The van der Waals surface area contributed by atoms with Crippen molar-refractivity contribution in [3.63, 3.8) is 0 Å². The molecule has 1 fully saturated rings. The number of rotatable bonds is 3. The molecule has 0 aromatic heterocycles. The summed E-state index contributed by atoms with van der Waals surface area (Å²) in [6, 6.07) is 7.87. The van der Waals surface area contributed by atoms with Gasteiger partial charge in [0, 0.05) is 0 Å². The number of nitrogens with two attached hydrogens (primary N) is 1. The molecule has 2 rings (SSSR count). The van der Waals surface area contributed by atoms with E-state index in [0.29, 0.717) is 12.1 Å². The molecule has 0 saturated carbocycles. The van der Waals surface area contributed by atoms with Crippen LogP contribution < -0.4 is 11.2 Å². The Kier molecular flexibility index (Phi) is 3.92. The van der Waals surface area contributed by atoms with E-state index in [1.54, 1.807) is 0 Å². The van der Waals surface area contributed by atoms with Gasteiger partial charge in [-0.15, -0.1) is 0 Å². The molecule has 0 amide bonds. The van der Waals surface area contributed by atoms with Crippen LogP contribution in [0.15, 0.2) is 18.2 Å². The molecule has 2 N–H and O–H groups in total. The van der Waals surface area contributed by atoms with Crippen molar-refractivity contribution in [2.45, 2.75) is 45.3 Å². The van der Waals surface area contributed by atoms with E-state index in [0.717, 1.165) is 17.4 Å². The molecule has 1 aromatic carbocycles. The molecular formula is C15H21BN2O2. The summed E-state index contributed by atoms with van der Waals surface area (Å²) < 4.78 is 12.0. The van der Waals surface area contributed by atoms with Crippen molar-refractivity contribution in [3.8, 4) is 6.07 Å². The molecule has 0 unspecified atom stereocenters. The van der Waals surface area contributed by atoms with E-state index in [-0.39, 0.29) is 11.2 Å². The van der Waals surface area contributed by atoms with E-state index in [9.17, 15) is 0 Å². The molecule has 1 aliphatic rings. The molecule has 0 aliphatic carbocycles. The van der Waals surface area contributed by atoms with Crippen LogP contribution in [0.25, 0.3) is 0 Å². The molecule has 20 heavy (non-hydrogen) atoms. The summed E-state index contributed by atoms with van der Waals surface area (Å²) in [6.45, 7) is 8.62. The third-order valence-electron chi connectivity index (χ3n) is 4.10. The largest absolute Gasteiger partial charge is 0.494 e. The molecule has 4 nitrogen and oxygen atoms in total. The lowest BCUT2D eigenvalue weighted by atomic mass is 9.77. The normalized spacial score (nSPS) is 19.9. The van der Waals surface area contributed by atoms with Crippen LogP contribution in [0.3, 0.4) is 0 Å². The first-order valence-corrected chi connectivity index (χ1v) is 6.89. The van der Waals surface area contributed by atoms with E-state index in [1.165, 1.54) is 0 Å². The molecule has 0 radical (unpaired) electrons. The smallest absolute Gasteiger partial charge is 0.399 e. The standard InChI is InChI=1S/C15H21BN2O2/c1-14(2)15(3,4)20-16(19-14)13-8-11(5-6-17)7-12(9-13)10-18/h7-9H,5-6,17H2,1-4H3. The van der Waals surface area contributed by atoms with Crippen molar-refractivity contribution in [2.24, 2.45) is 5.73 Å². The molecule has 1 heterocycles. The Morgan fingerprint density at radius 3 is 2.25 bits per heavy atom. The molecule has 0 spiro atoms. The Morgan fingerprint density at radius 1 is 1.15 bits per heavy atom. The minimum absolute atomic E-state index is 0.381. The highest BCUT2D eigenvalue weighted by Crippen LogP contribution is 2.36. The van der Waals surface area contributed by atoms with Crippen LogP contribution in [-0.2, 0) is 15.7 Å². The number of hydrogen-bond donors (Lipinski definition) is 1. The summed E-state index contributed by atoms with van der Waals surface area (Å²) in [7, 11) is -0.440. The number of nitriles is 1. The average molecular weight is 272 g/mol. The summed E-state index contributed by atoms with van der Waals surface area (Å²) in [5.74, 6) is 0. The van der Waals surface area contributed by atoms with Gasteiger partial charge in [-0.05, 0) is 63.8 Å². The van der Waals surface area contributed by atoms with Crippen LogP contribution in [0.5, 0.6) is 0 Å². The van der Waals surface area contributed by atoms with E-state index in [4.69, 9.17) is 20.3 Å². The fourth-order valence-corrected chi connectivity index (χ4v) is 2.21. The zero-order valence-corrected chi connectivity index (χ0v) is 12.6. The lowest BCUT2D eigenvalue weighted by Crippen LogP contribution is -2.41. The first-order chi connectivity index (χ1) is 9.29. The van der Waals surface area contributed by atoms with Gasteiger partial charge in [0.05, 0.1) is 22.8 Å². The van der Waals surface area contributed by atoms with Gasteiger partial charge in [-0.3, -0.25) is 0 Å². The van der Waals surface area contributed by atoms with Crippen molar-refractivity contribution in [1.82, 2.24) is 0 Å². The van der Waals surface area contributed by atoms with E-state index in [1.807, 2.05) is 45.9 Å². The van der Waals surface area contributed by atoms with Crippen molar-refractivity contribution in [3.05, 3.63) is 29.3 Å². The van der Waals surface area contributed by atoms with Gasteiger partial charge in [-0.2, -0.15) is 5.26 Å². The first-order valence-electron chi connectivity index (χ1n) is 6.89. The molecule has 5 heteroatoms. The molecule has 1 aromatic rings. The quantitative estimate of drug-likeness (QED) is 0.843.